The Kier molecular flexibility index (Phi) is 8.00. The Morgan fingerprint density at radius 1 is 0.974 bits per heavy atom. The minimum Gasteiger partial charge on any atom is -0.496 e. The average molecular weight is 529 g/mol. The number of aromatic nitrogens is 1. The van der Waals surface area contributed by atoms with Crippen LogP contribution in [-0.4, -0.2) is 48.6 Å². The van der Waals surface area contributed by atoms with Crippen LogP contribution >= 0.6 is 0 Å². The van der Waals surface area contributed by atoms with Gasteiger partial charge in [0.15, 0.2) is 0 Å². The molecule has 8 heteroatoms. The van der Waals surface area contributed by atoms with Gasteiger partial charge in [-0.1, -0.05) is 24.3 Å². The highest BCUT2D eigenvalue weighted by molar-refractivity contribution is 5.96. The van der Waals surface area contributed by atoms with E-state index < -0.39 is 0 Å². The quantitative estimate of drug-likeness (QED) is 0.420. The van der Waals surface area contributed by atoms with E-state index in [1.54, 1.807) is 13.3 Å². The first kappa shape index (κ1) is 26.5. The molecule has 0 radical (unpaired) electrons. The predicted octanol–water partition coefficient (Wildman–Crippen LogP) is 4.66. The van der Waals surface area contributed by atoms with Crippen molar-refractivity contribution in [1.29, 1.82) is 0 Å². The topological polar surface area (TPSA) is 92.8 Å². The Labute approximate surface area is 229 Å². The lowest BCUT2D eigenvalue weighted by Crippen LogP contribution is -2.50. The second-order valence-corrected chi connectivity index (χ2v) is 10.2. The predicted molar refractivity (Wildman–Crippen MR) is 151 cm³/mol. The number of carbonyl (C=O) groups is 2. The number of anilines is 1. The van der Waals surface area contributed by atoms with E-state index >= 15 is 0 Å². The Balaban J connectivity index is 1.19. The minimum atomic E-state index is -0.169. The molecule has 2 N–H and O–H groups in total. The van der Waals surface area contributed by atoms with Gasteiger partial charge in [-0.15, -0.1) is 0 Å². The van der Waals surface area contributed by atoms with Crippen molar-refractivity contribution in [2.75, 3.05) is 18.6 Å². The smallest absolute Gasteiger partial charge is 0.253 e. The molecule has 2 amide bonds. The molecule has 2 bridgehead atoms. The summed E-state index contributed by atoms with van der Waals surface area (Å²) in [6.45, 7) is 4.81. The molecule has 2 aliphatic rings. The molecule has 1 aromatic heterocycles. The second-order valence-electron chi connectivity index (χ2n) is 10.2. The van der Waals surface area contributed by atoms with Crippen LogP contribution < -0.4 is 25.0 Å². The summed E-state index contributed by atoms with van der Waals surface area (Å²) in [5.74, 6) is 2.16. The molecule has 0 saturated carbocycles. The van der Waals surface area contributed by atoms with E-state index in [-0.39, 0.29) is 17.9 Å². The highest BCUT2D eigenvalue weighted by Gasteiger charge is 2.42. The molecule has 204 valence electrons. The third-order valence-electron chi connectivity index (χ3n) is 7.80. The van der Waals surface area contributed by atoms with Gasteiger partial charge in [-0.05, 0) is 69.9 Å². The van der Waals surface area contributed by atoms with Crippen LogP contribution in [0.4, 0.5) is 5.82 Å². The van der Waals surface area contributed by atoms with Gasteiger partial charge in [-0.2, -0.15) is 0 Å². The first-order valence-electron chi connectivity index (χ1n) is 13.7. The molecule has 2 aliphatic heterocycles. The third kappa shape index (κ3) is 5.70. The maximum Gasteiger partial charge on any atom is 0.253 e. The van der Waals surface area contributed by atoms with Gasteiger partial charge < -0.3 is 25.0 Å². The van der Waals surface area contributed by atoms with Gasteiger partial charge in [-0.3, -0.25) is 9.59 Å². The molecule has 39 heavy (non-hydrogen) atoms. The molecule has 2 saturated heterocycles. The Morgan fingerprint density at radius 2 is 1.72 bits per heavy atom. The van der Waals surface area contributed by atoms with E-state index in [2.05, 4.69) is 20.5 Å². The van der Waals surface area contributed by atoms with Crippen molar-refractivity contribution in [2.24, 2.45) is 0 Å². The fourth-order valence-corrected chi connectivity index (χ4v) is 5.91. The number of carbonyl (C=O) groups excluding carboxylic acids is 2. The fraction of sp³-hybridized carbons (Fsp3) is 0.387. The average Bonchev–Trinajstić information content (AvgIpc) is 3.22. The lowest BCUT2D eigenvalue weighted by atomic mass is 9.96. The minimum absolute atomic E-state index is 0.0541. The van der Waals surface area contributed by atoms with E-state index in [0.29, 0.717) is 36.4 Å². The van der Waals surface area contributed by atoms with Crippen LogP contribution in [0.2, 0.25) is 0 Å². The van der Waals surface area contributed by atoms with Crippen molar-refractivity contribution in [3.05, 3.63) is 83.0 Å². The van der Waals surface area contributed by atoms with Crippen molar-refractivity contribution in [3.63, 3.8) is 0 Å². The van der Waals surface area contributed by atoms with Crippen LogP contribution in [0.15, 0.2) is 60.8 Å². The molecule has 8 nitrogen and oxygen atoms in total. The zero-order valence-electron chi connectivity index (χ0n) is 22.8. The standard InChI is InChI=1S/C31H36N4O4/c1-4-39-28-10-6-5-8-21(28)18-33-30(36)22-12-15-29(32-19-22)35-24-13-14-25(35)17-23(16-24)34-31(37)26-9-7-11-27(38-3)20(26)2/h5-12,15,19,23-25H,4,13-14,16-18H2,1-3H3,(H,33,36)(H,34,37). The number of hydrogen-bond donors (Lipinski definition) is 2. The Morgan fingerprint density at radius 3 is 2.41 bits per heavy atom. The number of amides is 2. The summed E-state index contributed by atoms with van der Waals surface area (Å²) in [6.07, 6.45) is 5.53. The van der Waals surface area contributed by atoms with Gasteiger partial charge in [0, 0.05) is 47.6 Å². The number of pyridine rings is 1. The van der Waals surface area contributed by atoms with E-state index in [9.17, 15) is 9.59 Å². The maximum atomic E-state index is 13.0. The highest BCUT2D eigenvalue weighted by Crippen LogP contribution is 2.38. The summed E-state index contributed by atoms with van der Waals surface area (Å²) in [6, 6.07) is 17.8. The van der Waals surface area contributed by atoms with Gasteiger partial charge in [0.25, 0.3) is 11.8 Å². The van der Waals surface area contributed by atoms with Gasteiger partial charge in [0.1, 0.15) is 17.3 Å². The molecule has 3 aromatic rings. The van der Waals surface area contributed by atoms with Crippen LogP contribution in [0.5, 0.6) is 11.5 Å². The van der Waals surface area contributed by atoms with Gasteiger partial charge in [-0.25, -0.2) is 4.98 Å². The molecular formula is C31H36N4O4. The first-order valence-corrected chi connectivity index (χ1v) is 13.7. The second kappa shape index (κ2) is 11.8. The SMILES string of the molecule is CCOc1ccccc1CNC(=O)c1ccc(N2C3CCC2CC(NC(=O)c2cccc(OC)c2C)C3)nc1. The molecule has 5 rings (SSSR count). The van der Waals surface area contributed by atoms with E-state index in [1.165, 1.54) is 0 Å². The number of ether oxygens (including phenoxy) is 2. The van der Waals surface area contributed by atoms with Gasteiger partial charge in [0.05, 0.1) is 19.3 Å². The van der Waals surface area contributed by atoms with E-state index in [0.717, 1.165) is 54.1 Å². The molecule has 2 atom stereocenters. The summed E-state index contributed by atoms with van der Waals surface area (Å²) in [5, 5.41) is 6.23. The van der Waals surface area contributed by atoms with Crippen molar-refractivity contribution < 1.29 is 19.1 Å². The Bertz CT molecular complexity index is 1310. The molecule has 3 heterocycles. The molecule has 0 spiro atoms. The number of rotatable bonds is 9. The largest absolute Gasteiger partial charge is 0.496 e. The van der Waals surface area contributed by atoms with Crippen LogP contribution in [0.1, 0.15) is 64.4 Å². The summed E-state index contributed by atoms with van der Waals surface area (Å²) >= 11 is 0. The highest BCUT2D eigenvalue weighted by atomic mass is 16.5. The number of para-hydroxylation sites is 1. The normalized spacial score (nSPS) is 19.9. The number of fused-ring (bicyclic) bond motifs is 2. The number of nitrogens with one attached hydrogen (secondary N) is 2. The summed E-state index contributed by atoms with van der Waals surface area (Å²) in [4.78, 5) is 32.9. The first-order chi connectivity index (χ1) is 19.0. The summed E-state index contributed by atoms with van der Waals surface area (Å²) in [5.41, 5.74) is 2.96. The lowest BCUT2D eigenvalue weighted by molar-refractivity contribution is 0.0923. The number of piperidine rings is 1. The lowest BCUT2D eigenvalue weighted by Gasteiger charge is -2.40. The van der Waals surface area contributed by atoms with Crippen LogP contribution in [0.25, 0.3) is 0 Å². The third-order valence-corrected chi connectivity index (χ3v) is 7.80. The van der Waals surface area contributed by atoms with Crippen LogP contribution in [0, 0.1) is 6.92 Å². The number of benzene rings is 2. The van der Waals surface area contributed by atoms with Gasteiger partial charge >= 0.3 is 0 Å². The van der Waals surface area contributed by atoms with E-state index in [1.807, 2.05) is 68.4 Å². The zero-order valence-corrected chi connectivity index (χ0v) is 22.8. The monoisotopic (exact) mass is 528 g/mol. The number of nitrogens with zero attached hydrogens (tertiary/aromatic N) is 2. The van der Waals surface area contributed by atoms with Crippen molar-refractivity contribution in [1.82, 2.24) is 15.6 Å². The van der Waals surface area contributed by atoms with Crippen molar-refractivity contribution >= 4 is 17.6 Å². The molecule has 2 fully saturated rings. The fourth-order valence-electron chi connectivity index (χ4n) is 5.91. The summed E-state index contributed by atoms with van der Waals surface area (Å²) < 4.78 is 11.0. The summed E-state index contributed by atoms with van der Waals surface area (Å²) in [7, 11) is 1.62. The molecule has 0 aliphatic carbocycles. The van der Waals surface area contributed by atoms with Crippen LogP contribution in [0.3, 0.4) is 0 Å². The van der Waals surface area contributed by atoms with E-state index in [4.69, 9.17) is 9.47 Å². The van der Waals surface area contributed by atoms with Crippen molar-refractivity contribution in [2.45, 2.75) is 64.2 Å². The zero-order chi connectivity index (χ0) is 27.4. The Hall–Kier alpha value is -4.07. The van der Waals surface area contributed by atoms with Crippen LogP contribution in [-0.2, 0) is 6.54 Å². The number of hydrogen-bond acceptors (Lipinski definition) is 6. The molecule has 2 unspecified atom stereocenters. The van der Waals surface area contributed by atoms with Gasteiger partial charge in [0.2, 0.25) is 0 Å². The number of methoxy groups -OCH3 is 1. The maximum absolute atomic E-state index is 13.0. The molecular weight excluding hydrogens is 492 g/mol. The molecule has 2 aromatic carbocycles. The van der Waals surface area contributed by atoms with Crippen molar-refractivity contribution in [3.8, 4) is 11.5 Å².